The van der Waals surface area contributed by atoms with Crippen molar-refractivity contribution in [3.8, 4) is 17.9 Å². The number of hydrogen-bond acceptors (Lipinski definition) is 4. The molecule has 1 N–H and O–H groups in total. The van der Waals surface area contributed by atoms with Crippen LogP contribution >= 0.6 is 0 Å². The van der Waals surface area contributed by atoms with Gasteiger partial charge in [0.25, 0.3) is 0 Å². The number of methoxy groups -OCH3 is 1. The van der Waals surface area contributed by atoms with Crippen molar-refractivity contribution in [2.45, 2.75) is 25.4 Å². The summed E-state index contributed by atoms with van der Waals surface area (Å²) in [7, 11) is 1.30. The van der Waals surface area contributed by atoms with Gasteiger partial charge in [0.1, 0.15) is 5.60 Å². The molecule has 4 nitrogen and oxygen atoms in total. The first kappa shape index (κ1) is 14.1. The van der Waals surface area contributed by atoms with E-state index in [1.54, 1.807) is 24.3 Å². The van der Waals surface area contributed by atoms with Crippen molar-refractivity contribution < 1.29 is 14.6 Å². The summed E-state index contributed by atoms with van der Waals surface area (Å²) in [5, 5.41) is 19.5. The van der Waals surface area contributed by atoms with Crippen LogP contribution in [0.2, 0.25) is 0 Å². The van der Waals surface area contributed by atoms with Crippen molar-refractivity contribution in [3.63, 3.8) is 0 Å². The molecule has 4 heteroatoms. The molecule has 0 aromatic heterocycles. The second-order valence-corrected chi connectivity index (χ2v) is 5.05. The number of rotatable bonds is 2. The van der Waals surface area contributed by atoms with Crippen LogP contribution in [0.25, 0.3) is 0 Å². The Bertz CT molecular complexity index is 640. The summed E-state index contributed by atoms with van der Waals surface area (Å²) < 4.78 is 4.69. The molecule has 1 saturated carbocycles. The molecule has 1 atom stereocenters. The highest BCUT2D eigenvalue weighted by molar-refractivity contribution is 5.92. The summed E-state index contributed by atoms with van der Waals surface area (Å²) in [5.74, 6) is 5.04. The lowest BCUT2D eigenvalue weighted by Gasteiger charge is -2.21. The van der Waals surface area contributed by atoms with E-state index in [9.17, 15) is 9.90 Å². The SMILES string of the molecule is COC(=O)c1ccccc1C#C[C@](C)(O)C1(C#N)CC1. The number of carbonyl (C=O) groups is 1. The molecule has 1 aliphatic carbocycles. The Labute approximate surface area is 118 Å². The highest BCUT2D eigenvalue weighted by Gasteiger charge is 2.56. The maximum Gasteiger partial charge on any atom is 0.339 e. The number of nitriles is 1. The van der Waals surface area contributed by atoms with E-state index in [0.29, 0.717) is 24.0 Å². The fourth-order valence-electron chi connectivity index (χ4n) is 2.02. The molecule has 0 spiro atoms. The smallest absolute Gasteiger partial charge is 0.339 e. The van der Waals surface area contributed by atoms with E-state index in [2.05, 4.69) is 22.6 Å². The maximum atomic E-state index is 11.6. The quantitative estimate of drug-likeness (QED) is 0.657. The standard InChI is InChI=1S/C16H15NO3/c1-15(19,16(11-17)9-10-16)8-7-12-5-3-4-6-13(12)14(18)20-2/h3-6,19H,9-10H2,1-2H3/t15-/m0/s1. The second kappa shape index (κ2) is 5.00. The molecule has 1 aromatic rings. The molecular weight excluding hydrogens is 254 g/mol. The van der Waals surface area contributed by atoms with Gasteiger partial charge >= 0.3 is 5.97 Å². The predicted molar refractivity (Wildman–Crippen MR) is 72.6 cm³/mol. The van der Waals surface area contributed by atoms with E-state index in [4.69, 9.17) is 5.26 Å². The van der Waals surface area contributed by atoms with Gasteiger partial charge in [-0.05, 0) is 31.9 Å². The van der Waals surface area contributed by atoms with E-state index in [0.717, 1.165) is 0 Å². The molecule has 1 aromatic carbocycles. The maximum absolute atomic E-state index is 11.6. The van der Waals surface area contributed by atoms with Gasteiger partial charge in [0.2, 0.25) is 0 Å². The average molecular weight is 269 g/mol. The van der Waals surface area contributed by atoms with Crippen LogP contribution in [0.4, 0.5) is 0 Å². The summed E-state index contributed by atoms with van der Waals surface area (Å²) in [4.78, 5) is 11.6. The number of ether oxygens (including phenoxy) is 1. The lowest BCUT2D eigenvalue weighted by Crippen LogP contribution is -2.33. The largest absolute Gasteiger partial charge is 0.465 e. The Morgan fingerprint density at radius 3 is 2.65 bits per heavy atom. The summed E-state index contributed by atoms with van der Waals surface area (Å²) in [6, 6.07) is 8.90. The number of hydrogen-bond donors (Lipinski definition) is 1. The van der Waals surface area contributed by atoms with Crippen molar-refractivity contribution in [1.29, 1.82) is 5.26 Å². The van der Waals surface area contributed by atoms with Crippen LogP contribution in [0.5, 0.6) is 0 Å². The van der Waals surface area contributed by atoms with E-state index < -0.39 is 17.0 Å². The van der Waals surface area contributed by atoms with Gasteiger partial charge in [-0.15, -0.1) is 0 Å². The van der Waals surface area contributed by atoms with Crippen LogP contribution in [0, 0.1) is 28.6 Å². The lowest BCUT2D eigenvalue weighted by molar-refractivity contribution is 0.0599. The first-order valence-corrected chi connectivity index (χ1v) is 6.30. The van der Waals surface area contributed by atoms with Crippen molar-refractivity contribution in [1.82, 2.24) is 0 Å². The number of nitrogens with zero attached hydrogens (tertiary/aromatic N) is 1. The highest BCUT2D eigenvalue weighted by Crippen LogP contribution is 2.53. The molecule has 20 heavy (non-hydrogen) atoms. The fraction of sp³-hybridized carbons (Fsp3) is 0.375. The molecule has 0 heterocycles. The topological polar surface area (TPSA) is 70.3 Å². The van der Waals surface area contributed by atoms with E-state index >= 15 is 0 Å². The van der Waals surface area contributed by atoms with Crippen LogP contribution in [0.3, 0.4) is 0 Å². The van der Waals surface area contributed by atoms with Crippen molar-refractivity contribution >= 4 is 5.97 Å². The van der Waals surface area contributed by atoms with Gasteiger partial charge in [0.15, 0.2) is 0 Å². The fourth-order valence-corrected chi connectivity index (χ4v) is 2.02. The molecule has 0 bridgehead atoms. The summed E-state index contributed by atoms with van der Waals surface area (Å²) in [5.41, 5.74) is -1.33. The van der Waals surface area contributed by atoms with Crippen LogP contribution < -0.4 is 0 Å². The van der Waals surface area contributed by atoms with E-state index in [-0.39, 0.29) is 0 Å². The minimum atomic E-state index is -1.38. The average Bonchev–Trinajstić information content (AvgIpc) is 3.26. The number of benzene rings is 1. The van der Waals surface area contributed by atoms with Crippen molar-refractivity contribution in [3.05, 3.63) is 35.4 Å². The normalized spacial score (nSPS) is 17.9. The molecule has 2 rings (SSSR count). The first-order chi connectivity index (χ1) is 9.46. The molecule has 0 radical (unpaired) electrons. The summed E-state index contributed by atoms with van der Waals surface area (Å²) in [6.07, 6.45) is 1.29. The van der Waals surface area contributed by atoms with Gasteiger partial charge in [-0.1, -0.05) is 24.0 Å². The summed E-state index contributed by atoms with van der Waals surface area (Å²) >= 11 is 0. The zero-order chi connectivity index (χ0) is 14.8. The molecule has 0 amide bonds. The third kappa shape index (κ3) is 2.39. The zero-order valence-corrected chi connectivity index (χ0v) is 11.4. The van der Waals surface area contributed by atoms with Gasteiger partial charge in [-0.25, -0.2) is 4.79 Å². The van der Waals surface area contributed by atoms with E-state index in [1.807, 2.05) is 0 Å². The van der Waals surface area contributed by atoms with Crippen molar-refractivity contribution in [2.75, 3.05) is 7.11 Å². The molecule has 1 fully saturated rings. The first-order valence-electron chi connectivity index (χ1n) is 6.30. The number of aliphatic hydroxyl groups is 1. The second-order valence-electron chi connectivity index (χ2n) is 5.05. The number of esters is 1. The van der Waals surface area contributed by atoms with Gasteiger partial charge in [0, 0.05) is 5.56 Å². The minimum Gasteiger partial charge on any atom is -0.465 e. The Hall–Kier alpha value is -2.30. The van der Waals surface area contributed by atoms with Gasteiger partial charge < -0.3 is 9.84 Å². The predicted octanol–water partition coefficient (Wildman–Crippen LogP) is 1.88. The Kier molecular flexibility index (Phi) is 3.53. The Morgan fingerprint density at radius 1 is 1.45 bits per heavy atom. The number of carbonyl (C=O) groups excluding carboxylic acids is 1. The highest BCUT2D eigenvalue weighted by atomic mass is 16.5. The molecule has 0 saturated heterocycles. The van der Waals surface area contributed by atoms with Crippen LogP contribution in [0.15, 0.2) is 24.3 Å². The van der Waals surface area contributed by atoms with Crippen molar-refractivity contribution in [2.24, 2.45) is 5.41 Å². The molecule has 0 aliphatic heterocycles. The van der Waals surface area contributed by atoms with Crippen LogP contribution in [0.1, 0.15) is 35.7 Å². The van der Waals surface area contributed by atoms with Crippen LogP contribution in [-0.2, 0) is 4.74 Å². The summed E-state index contributed by atoms with van der Waals surface area (Å²) in [6.45, 7) is 1.54. The Morgan fingerprint density at radius 2 is 2.10 bits per heavy atom. The monoisotopic (exact) mass is 269 g/mol. The lowest BCUT2D eigenvalue weighted by atomic mass is 9.87. The molecule has 0 unspecified atom stereocenters. The van der Waals surface area contributed by atoms with Gasteiger partial charge in [-0.2, -0.15) is 5.26 Å². The third-order valence-electron chi connectivity index (χ3n) is 3.67. The zero-order valence-electron chi connectivity index (χ0n) is 11.4. The molecule has 102 valence electrons. The molecular formula is C16H15NO3. The van der Waals surface area contributed by atoms with Gasteiger partial charge in [0.05, 0.1) is 24.2 Å². The minimum absolute atomic E-state index is 0.347. The third-order valence-corrected chi connectivity index (χ3v) is 3.67. The molecule has 1 aliphatic rings. The van der Waals surface area contributed by atoms with Gasteiger partial charge in [-0.3, -0.25) is 0 Å². The van der Waals surface area contributed by atoms with Crippen LogP contribution in [-0.4, -0.2) is 23.8 Å². The Balaban J connectivity index is 2.35. The van der Waals surface area contributed by atoms with E-state index in [1.165, 1.54) is 14.0 Å².